The predicted octanol–water partition coefficient (Wildman–Crippen LogP) is 3.11. The van der Waals surface area contributed by atoms with Gasteiger partial charge in [-0.25, -0.2) is 4.98 Å². The molecule has 8 heteroatoms. The van der Waals surface area contributed by atoms with Crippen LogP contribution in [0.25, 0.3) is 10.6 Å². The molecule has 2 amide bonds. The number of carbonyl (C=O) groups excluding carboxylic acids is 2. The van der Waals surface area contributed by atoms with Gasteiger partial charge in [0.05, 0.1) is 17.1 Å². The lowest BCUT2D eigenvalue weighted by atomic mass is 10.2. The Morgan fingerprint density at radius 3 is 3.07 bits per heavy atom. The molecular weight excluding hydrogens is 364 g/mol. The first-order valence-corrected chi connectivity index (χ1v) is 9.27. The number of ether oxygens (including phenoxy) is 1. The summed E-state index contributed by atoms with van der Waals surface area (Å²) in [6.45, 7) is -0.0597. The first-order chi connectivity index (χ1) is 13.2. The third-order valence-electron chi connectivity index (χ3n) is 3.98. The van der Waals surface area contributed by atoms with Crippen LogP contribution in [0.2, 0.25) is 0 Å². The number of nitrogens with zero attached hydrogens (tertiary/aromatic N) is 2. The quantitative estimate of drug-likeness (QED) is 0.709. The van der Waals surface area contributed by atoms with E-state index in [0.29, 0.717) is 30.0 Å². The number of pyridine rings is 1. The second-order valence-electron chi connectivity index (χ2n) is 5.95. The number of aromatic nitrogens is 2. The molecule has 0 atom stereocenters. The average molecular weight is 380 g/mol. The molecule has 0 radical (unpaired) electrons. The second kappa shape index (κ2) is 7.55. The molecule has 0 aliphatic carbocycles. The number of hydrogen-bond acceptors (Lipinski definition) is 6. The summed E-state index contributed by atoms with van der Waals surface area (Å²) in [7, 11) is 0. The Hall–Kier alpha value is -3.26. The molecule has 3 aromatic rings. The maximum atomic E-state index is 12.3. The van der Waals surface area contributed by atoms with Crippen molar-refractivity contribution in [1.29, 1.82) is 0 Å². The van der Waals surface area contributed by atoms with Crippen LogP contribution in [-0.2, 0) is 16.0 Å². The van der Waals surface area contributed by atoms with Crippen molar-refractivity contribution in [2.45, 2.75) is 12.8 Å². The Morgan fingerprint density at radius 1 is 1.30 bits per heavy atom. The molecule has 1 aliphatic heterocycles. The minimum absolute atomic E-state index is 0.0597. The lowest BCUT2D eigenvalue weighted by Gasteiger charge is -2.20. The normalized spacial score (nSPS) is 12.7. The van der Waals surface area contributed by atoms with Crippen LogP contribution in [0.4, 0.5) is 11.4 Å². The highest BCUT2D eigenvalue weighted by Crippen LogP contribution is 2.35. The fourth-order valence-electron chi connectivity index (χ4n) is 2.71. The first-order valence-electron chi connectivity index (χ1n) is 8.39. The lowest BCUT2D eigenvalue weighted by molar-refractivity contribution is -0.118. The summed E-state index contributed by atoms with van der Waals surface area (Å²) in [5, 5.41) is 8.41. The molecule has 1 aromatic carbocycles. The Balaban J connectivity index is 1.38. The van der Waals surface area contributed by atoms with Gasteiger partial charge in [-0.3, -0.25) is 14.6 Å². The van der Waals surface area contributed by atoms with E-state index in [2.05, 4.69) is 20.6 Å². The first kappa shape index (κ1) is 17.2. The molecule has 3 heterocycles. The maximum absolute atomic E-state index is 12.3. The Labute approximate surface area is 159 Å². The zero-order valence-electron chi connectivity index (χ0n) is 14.3. The molecule has 0 spiro atoms. The standard InChI is InChI=1S/C19H16N4O3S/c24-16(22-14-4-1-5-15-18(14)26-10-17(25)23-15)7-6-13-11-27-19(21-13)12-3-2-8-20-9-12/h1-5,8-9,11H,6-7,10H2,(H,22,24)(H,23,25). The Bertz CT molecular complexity index is 988. The SMILES string of the molecule is O=C(CCc1csc(-c2cccnc2)n1)Nc1cccc2c1OCC(=O)N2. The number of amides is 2. The fraction of sp³-hybridized carbons (Fsp3) is 0.158. The Morgan fingerprint density at radius 2 is 2.22 bits per heavy atom. The molecule has 4 rings (SSSR count). The number of fused-ring (bicyclic) bond motifs is 1. The van der Waals surface area contributed by atoms with E-state index in [1.807, 2.05) is 17.5 Å². The van der Waals surface area contributed by atoms with Gasteiger partial charge in [-0.1, -0.05) is 6.07 Å². The summed E-state index contributed by atoms with van der Waals surface area (Å²) >= 11 is 1.53. The molecule has 0 saturated heterocycles. The largest absolute Gasteiger partial charge is 0.479 e. The third-order valence-corrected chi connectivity index (χ3v) is 4.92. The lowest BCUT2D eigenvalue weighted by Crippen LogP contribution is -2.26. The summed E-state index contributed by atoms with van der Waals surface area (Å²) in [5.41, 5.74) is 2.94. The van der Waals surface area contributed by atoms with Gasteiger partial charge in [0.2, 0.25) is 5.91 Å². The topological polar surface area (TPSA) is 93.2 Å². The molecular formula is C19H16N4O3S. The highest BCUT2D eigenvalue weighted by molar-refractivity contribution is 7.13. The van der Waals surface area contributed by atoms with Gasteiger partial charge in [-0.05, 0) is 30.7 Å². The van der Waals surface area contributed by atoms with Crippen molar-refractivity contribution in [3.05, 3.63) is 53.8 Å². The van der Waals surface area contributed by atoms with Crippen molar-refractivity contribution >= 4 is 34.5 Å². The fourth-order valence-corrected chi connectivity index (χ4v) is 3.56. The van der Waals surface area contributed by atoms with Crippen LogP contribution in [0.15, 0.2) is 48.1 Å². The third kappa shape index (κ3) is 3.95. The van der Waals surface area contributed by atoms with Gasteiger partial charge < -0.3 is 15.4 Å². The van der Waals surface area contributed by atoms with E-state index >= 15 is 0 Å². The van der Waals surface area contributed by atoms with Gasteiger partial charge in [0.25, 0.3) is 5.91 Å². The predicted molar refractivity (Wildman–Crippen MR) is 103 cm³/mol. The van der Waals surface area contributed by atoms with Crippen LogP contribution in [0, 0.1) is 0 Å². The summed E-state index contributed by atoms with van der Waals surface area (Å²) in [5.74, 6) is 0.136. The summed E-state index contributed by atoms with van der Waals surface area (Å²) in [4.78, 5) is 32.4. The van der Waals surface area contributed by atoms with Gasteiger partial charge >= 0.3 is 0 Å². The van der Waals surface area contributed by atoms with E-state index < -0.39 is 0 Å². The molecule has 2 N–H and O–H groups in total. The van der Waals surface area contributed by atoms with Crippen molar-refractivity contribution in [3.63, 3.8) is 0 Å². The summed E-state index contributed by atoms with van der Waals surface area (Å²) in [6, 6.07) is 9.06. The minimum Gasteiger partial charge on any atom is -0.479 e. The summed E-state index contributed by atoms with van der Waals surface area (Å²) < 4.78 is 5.44. The second-order valence-corrected chi connectivity index (χ2v) is 6.81. The van der Waals surface area contributed by atoms with Gasteiger partial charge in [0.1, 0.15) is 5.01 Å². The van der Waals surface area contributed by atoms with E-state index in [9.17, 15) is 9.59 Å². The number of para-hydroxylation sites is 1. The van der Waals surface area contributed by atoms with Crippen molar-refractivity contribution < 1.29 is 14.3 Å². The molecule has 136 valence electrons. The van der Waals surface area contributed by atoms with Crippen molar-refractivity contribution in [3.8, 4) is 16.3 Å². The molecule has 27 heavy (non-hydrogen) atoms. The zero-order chi connectivity index (χ0) is 18.6. The van der Waals surface area contributed by atoms with E-state index in [-0.39, 0.29) is 18.4 Å². The number of aryl methyl sites for hydroxylation is 1. The number of benzene rings is 1. The van der Waals surface area contributed by atoms with Crippen LogP contribution in [0.5, 0.6) is 5.75 Å². The number of thiazole rings is 1. The molecule has 2 aromatic heterocycles. The van der Waals surface area contributed by atoms with Gasteiger partial charge in [0.15, 0.2) is 12.4 Å². The van der Waals surface area contributed by atoms with Crippen molar-refractivity contribution in [2.75, 3.05) is 17.2 Å². The highest BCUT2D eigenvalue weighted by Gasteiger charge is 2.20. The van der Waals surface area contributed by atoms with Crippen LogP contribution in [-0.4, -0.2) is 28.4 Å². The van der Waals surface area contributed by atoms with Gasteiger partial charge in [0, 0.05) is 29.8 Å². The molecule has 0 fully saturated rings. The Kier molecular flexibility index (Phi) is 4.80. The van der Waals surface area contributed by atoms with Crippen molar-refractivity contribution in [1.82, 2.24) is 9.97 Å². The van der Waals surface area contributed by atoms with E-state index in [0.717, 1.165) is 16.3 Å². The van der Waals surface area contributed by atoms with Gasteiger partial charge in [-0.15, -0.1) is 11.3 Å². The van der Waals surface area contributed by atoms with Crippen LogP contribution < -0.4 is 15.4 Å². The van der Waals surface area contributed by atoms with Crippen LogP contribution >= 0.6 is 11.3 Å². The summed E-state index contributed by atoms with van der Waals surface area (Å²) in [6.07, 6.45) is 4.33. The molecule has 7 nitrogen and oxygen atoms in total. The van der Waals surface area contributed by atoms with Crippen LogP contribution in [0.1, 0.15) is 12.1 Å². The monoisotopic (exact) mass is 380 g/mol. The molecule has 0 bridgehead atoms. The van der Waals surface area contributed by atoms with E-state index in [1.54, 1.807) is 30.6 Å². The number of hydrogen-bond donors (Lipinski definition) is 2. The number of anilines is 2. The number of carbonyl (C=O) groups is 2. The smallest absolute Gasteiger partial charge is 0.262 e. The minimum atomic E-state index is -0.209. The number of nitrogens with one attached hydrogen (secondary N) is 2. The highest BCUT2D eigenvalue weighted by atomic mass is 32.1. The number of rotatable bonds is 5. The molecule has 0 saturated carbocycles. The maximum Gasteiger partial charge on any atom is 0.262 e. The van der Waals surface area contributed by atoms with Crippen LogP contribution in [0.3, 0.4) is 0 Å². The average Bonchev–Trinajstić information content (AvgIpc) is 3.16. The van der Waals surface area contributed by atoms with Gasteiger partial charge in [-0.2, -0.15) is 0 Å². The van der Waals surface area contributed by atoms with Crippen molar-refractivity contribution in [2.24, 2.45) is 0 Å². The molecule has 0 unspecified atom stereocenters. The molecule has 1 aliphatic rings. The van der Waals surface area contributed by atoms with E-state index in [1.165, 1.54) is 11.3 Å². The van der Waals surface area contributed by atoms with E-state index in [4.69, 9.17) is 4.74 Å². The zero-order valence-corrected chi connectivity index (χ0v) is 15.1.